The summed E-state index contributed by atoms with van der Waals surface area (Å²) in [6.07, 6.45) is 1.87. The molecule has 1 heterocycles. The molecule has 102 valence electrons. The Morgan fingerprint density at radius 2 is 2.15 bits per heavy atom. The van der Waals surface area contributed by atoms with Crippen molar-refractivity contribution in [1.29, 1.82) is 5.26 Å². The second-order valence-electron chi connectivity index (χ2n) is 4.57. The van der Waals surface area contributed by atoms with Gasteiger partial charge in [0.1, 0.15) is 6.33 Å². The molecule has 2 aromatic rings. The van der Waals surface area contributed by atoms with Crippen LogP contribution in [0.5, 0.6) is 0 Å². The average Bonchev–Trinajstić information content (AvgIpc) is 2.86. The fraction of sp³-hybridized carbons (Fsp3) is 0.286. The molecule has 2 rings (SSSR count). The normalized spacial score (nSPS) is 11.7. The van der Waals surface area contributed by atoms with Gasteiger partial charge in [0, 0.05) is 7.05 Å². The molecule has 20 heavy (non-hydrogen) atoms. The van der Waals surface area contributed by atoms with Crippen LogP contribution in [0.2, 0.25) is 0 Å². The van der Waals surface area contributed by atoms with Gasteiger partial charge < -0.3 is 9.88 Å². The molecule has 1 amide bonds. The molecular formula is C14H15N5O. The lowest BCUT2D eigenvalue weighted by molar-refractivity contribution is -0.121. The largest absolute Gasteiger partial charge is 0.346 e. The van der Waals surface area contributed by atoms with Gasteiger partial charge in [-0.2, -0.15) is 5.26 Å². The number of amides is 1. The van der Waals surface area contributed by atoms with E-state index in [4.69, 9.17) is 5.26 Å². The van der Waals surface area contributed by atoms with E-state index >= 15 is 0 Å². The minimum Gasteiger partial charge on any atom is -0.346 e. The van der Waals surface area contributed by atoms with Crippen molar-refractivity contribution in [3.05, 3.63) is 47.5 Å². The van der Waals surface area contributed by atoms with Gasteiger partial charge in [-0.05, 0) is 24.6 Å². The molecule has 0 spiro atoms. The van der Waals surface area contributed by atoms with Crippen LogP contribution in [-0.4, -0.2) is 20.7 Å². The third-order valence-corrected chi connectivity index (χ3v) is 2.96. The van der Waals surface area contributed by atoms with Crippen LogP contribution in [0.15, 0.2) is 30.6 Å². The zero-order chi connectivity index (χ0) is 14.5. The van der Waals surface area contributed by atoms with Crippen LogP contribution >= 0.6 is 0 Å². The molecule has 1 aromatic heterocycles. The van der Waals surface area contributed by atoms with Crippen molar-refractivity contribution in [2.24, 2.45) is 7.05 Å². The summed E-state index contributed by atoms with van der Waals surface area (Å²) < 4.78 is 1.77. The molecule has 0 bridgehead atoms. The van der Waals surface area contributed by atoms with Gasteiger partial charge >= 0.3 is 0 Å². The van der Waals surface area contributed by atoms with E-state index in [1.807, 2.05) is 20.0 Å². The van der Waals surface area contributed by atoms with Crippen molar-refractivity contribution in [2.75, 3.05) is 0 Å². The van der Waals surface area contributed by atoms with Crippen molar-refractivity contribution in [3.8, 4) is 6.07 Å². The number of aromatic nitrogens is 3. The number of rotatable bonds is 4. The molecule has 6 nitrogen and oxygen atoms in total. The first kappa shape index (κ1) is 13.7. The van der Waals surface area contributed by atoms with Gasteiger partial charge in [-0.25, -0.2) is 0 Å². The van der Waals surface area contributed by atoms with Gasteiger partial charge in [-0.1, -0.05) is 12.1 Å². The molecule has 0 saturated heterocycles. The number of nitriles is 1. The lowest BCUT2D eigenvalue weighted by Gasteiger charge is -2.12. The molecule has 0 saturated carbocycles. The van der Waals surface area contributed by atoms with Gasteiger partial charge in [0.25, 0.3) is 0 Å². The Kier molecular flexibility index (Phi) is 4.11. The molecule has 0 aliphatic rings. The number of nitrogens with one attached hydrogen (secondary N) is 1. The Morgan fingerprint density at radius 1 is 1.45 bits per heavy atom. The summed E-state index contributed by atoms with van der Waals surface area (Å²) in [6, 6.07) is 8.82. The van der Waals surface area contributed by atoms with E-state index in [0.29, 0.717) is 11.4 Å². The summed E-state index contributed by atoms with van der Waals surface area (Å²) in [5, 5.41) is 19.3. The van der Waals surface area contributed by atoms with Crippen molar-refractivity contribution < 1.29 is 4.79 Å². The summed E-state index contributed by atoms with van der Waals surface area (Å²) in [4.78, 5) is 12.0. The van der Waals surface area contributed by atoms with Gasteiger partial charge in [-0.3, -0.25) is 4.79 Å². The number of carbonyl (C=O) groups is 1. The van der Waals surface area contributed by atoms with Crippen LogP contribution in [0.4, 0.5) is 0 Å². The Morgan fingerprint density at radius 3 is 2.70 bits per heavy atom. The third kappa shape index (κ3) is 3.20. The number of hydrogen-bond acceptors (Lipinski definition) is 4. The molecule has 0 radical (unpaired) electrons. The lowest BCUT2D eigenvalue weighted by atomic mass is 10.1. The van der Waals surface area contributed by atoms with E-state index in [-0.39, 0.29) is 18.4 Å². The van der Waals surface area contributed by atoms with Gasteiger partial charge in [-0.15, -0.1) is 10.2 Å². The first-order valence-corrected chi connectivity index (χ1v) is 6.22. The topological polar surface area (TPSA) is 83.6 Å². The van der Waals surface area contributed by atoms with Gasteiger partial charge in [0.2, 0.25) is 5.91 Å². The Labute approximate surface area is 117 Å². The fourth-order valence-corrected chi connectivity index (χ4v) is 1.92. The maximum absolute atomic E-state index is 12.0. The molecule has 1 unspecified atom stereocenters. The summed E-state index contributed by atoms with van der Waals surface area (Å²) in [5.41, 5.74) is 1.45. The predicted molar refractivity (Wildman–Crippen MR) is 72.4 cm³/mol. The summed E-state index contributed by atoms with van der Waals surface area (Å²) in [5.74, 6) is 0.614. The highest BCUT2D eigenvalue weighted by Gasteiger charge is 2.14. The van der Waals surface area contributed by atoms with Crippen molar-refractivity contribution in [1.82, 2.24) is 20.1 Å². The summed E-state index contributed by atoms with van der Waals surface area (Å²) in [7, 11) is 1.83. The second kappa shape index (κ2) is 5.97. The SMILES string of the molecule is CC(NC(=O)Cc1ccc(C#N)cc1)c1nncn1C. The van der Waals surface area contributed by atoms with Gasteiger partial charge in [0.05, 0.1) is 24.1 Å². The van der Waals surface area contributed by atoms with Crippen molar-refractivity contribution in [2.45, 2.75) is 19.4 Å². The molecule has 0 fully saturated rings. The fourth-order valence-electron chi connectivity index (χ4n) is 1.92. The summed E-state index contributed by atoms with van der Waals surface area (Å²) >= 11 is 0. The minimum absolute atomic E-state index is 0.0924. The Bertz CT molecular complexity index is 638. The number of nitrogens with zero attached hydrogens (tertiary/aromatic N) is 4. The maximum Gasteiger partial charge on any atom is 0.224 e. The monoisotopic (exact) mass is 269 g/mol. The van der Waals surface area contributed by atoms with Crippen LogP contribution in [0.1, 0.15) is 29.9 Å². The molecule has 1 atom stereocenters. The zero-order valence-electron chi connectivity index (χ0n) is 11.4. The van der Waals surface area contributed by atoms with Crippen LogP contribution < -0.4 is 5.32 Å². The zero-order valence-corrected chi connectivity index (χ0v) is 11.4. The average molecular weight is 269 g/mol. The van der Waals surface area contributed by atoms with Crippen LogP contribution in [0, 0.1) is 11.3 Å². The van der Waals surface area contributed by atoms with E-state index in [1.165, 1.54) is 0 Å². The highest BCUT2D eigenvalue weighted by molar-refractivity contribution is 5.78. The lowest BCUT2D eigenvalue weighted by Crippen LogP contribution is -2.29. The van der Waals surface area contributed by atoms with Crippen LogP contribution in [0.3, 0.4) is 0 Å². The molecule has 0 aliphatic carbocycles. The summed E-state index contributed by atoms with van der Waals surface area (Å²) in [6.45, 7) is 1.86. The first-order valence-electron chi connectivity index (χ1n) is 6.22. The highest BCUT2D eigenvalue weighted by Crippen LogP contribution is 2.09. The van der Waals surface area contributed by atoms with E-state index in [9.17, 15) is 4.79 Å². The highest BCUT2D eigenvalue weighted by atomic mass is 16.1. The number of benzene rings is 1. The van der Waals surface area contributed by atoms with E-state index in [0.717, 1.165) is 5.56 Å². The second-order valence-corrected chi connectivity index (χ2v) is 4.57. The van der Waals surface area contributed by atoms with Gasteiger partial charge in [0.15, 0.2) is 5.82 Å². The quantitative estimate of drug-likeness (QED) is 0.901. The Hall–Kier alpha value is -2.68. The number of hydrogen-bond donors (Lipinski definition) is 1. The van der Waals surface area contributed by atoms with Crippen molar-refractivity contribution >= 4 is 5.91 Å². The Balaban J connectivity index is 1.95. The molecule has 6 heteroatoms. The van der Waals surface area contributed by atoms with Crippen molar-refractivity contribution in [3.63, 3.8) is 0 Å². The molecule has 0 aliphatic heterocycles. The predicted octanol–water partition coefficient (Wildman–Crippen LogP) is 1.11. The van der Waals surface area contributed by atoms with E-state index < -0.39 is 0 Å². The van der Waals surface area contributed by atoms with E-state index in [2.05, 4.69) is 15.5 Å². The smallest absolute Gasteiger partial charge is 0.224 e. The maximum atomic E-state index is 12.0. The van der Waals surface area contributed by atoms with Crippen LogP contribution in [-0.2, 0) is 18.3 Å². The first-order chi connectivity index (χ1) is 9.60. The molecular weight excluding hydrogens is 254 g/mol. The molecule has 1 aromatic carbocycles. The number of carbonyl (C=O) groups excluding carboxylic acids is 1. The number of aryl methyl sites for hydroxylation is 1. The third-order valence-electron chi connectivity index (χ3n) is 2.96. The molecule has 1 N–H and O–H groups in total. The van der Waals surface area contributed by atoms with E-state index in [1.54, 1.807) is 35.2 Å². The van der Waals surface area contributed by atoms with Crippen LogP contribution in [0.25, 0.3) is 0 Å². The minimum atomic E-state index is -0.201. The standard InChI is InChI=1S/C14H15N5O/c1-10(14-18-16-9-19(14)2)17-13(20)7-11-3-5-12(8-15)6-4-11/h3-6,9-10H,7H2,1-2H3,(H,17,20).